The van der Waals surface area contributed by atoms with Crippen LogP contribution in [0.5, 0.6) is 0 Å². The zero-order valence-corrected chi connectivity index (χ0v) is 14.5. The van der Waals surface area contributed by atoms with Crippen LogP contribution in [0.25, 0.3) is 0 Å². The number of hydrogen-bond donors (Lipinski definition) is 1. The molecule has 4 nitrogen and oxygen atoms in total. The van der Waals surface area contributed by atoms with Crippen molar-refractivity contribution in [1.82, 2.24) is 10.2 Å². The lowest BCUT2D eigenvalue weighted by molar-refractivity contribution is 0.0193. The van der Waals surface area contributed by atoms with Crippen LogP contribution in [0.4, 0.5) is 13.6 Å². The van der Waals surface area contributed by atoms with Gasteiger partial charge in [-0.2, -0.15) is 0 Å². The molecule has 1 rings (SSSR count). The first-order chi connectivity index (χ1) is 10.6. The summed E-state index contributed by atoms with van der Waals surface area (Å²) in [5.41, 5.74) is -0.291. The fourth-order valence-corrected chi connectivity index (χ4v) is 1.99. The third-order valence-electron chi connectivity index (χ3n) is 3.13. The first-order valence-corrected chi connectivity index (χ1v) is 7.75. The summed E-state index contributed by atoms with van der Waals surface area (Å²) < 4.78 is 32.0. The van der Waals surface area contributed by atoms with Gasteiger partial charge >= 0.3 is 6.09 Å². The zero-order chi connectivity index (χ0) is 17.6. The van der Waals surface area contributed by atoms with Gasteiger partial charge in [-0.15, -0.1) is 0 Å². The van der Waals surface area contributed by atoms with E-state index in [0.29, 0.717) is 13.1 Å². The van der Waals surface area contributed by atoms with Gasteiger partial charge in [0.2, 0.25) is 0 Å². The summed E-state index contributed by atoms with van der Waals surface area (Å²) >= 11 is 0. The van der Waals surface area contributed by atoms with Gasteiger partial charge in [0, 0.05) is 31.2 Å². The highest BCUT2D eigenvalue weighted by atomic mass is 19.2. The highest BCUT2D eigenvalue weighted by Crippen LogP contribution is 2.12. The Hall–Kier alpha value is -1.69. The largest absolute Gasteiger partial charge is 0.444 e. The van der Waals surface area contributed by atoms with Crippen molar-refractivity contribution in [2.24, 2.45) is 0 Å². The van der Waals surface area contributed by atoms with Crippen molar-refractivity contribution in [3.63, 3.8) is 0 Å². The first kappa shape index (κ1) is 19.4. The normalized spacial score (nSPS) is 11.7. The van der Waals surface area contributed by atoms with E-state index in [1.165, 1.54) is 12.1 Å². The summed E-state index contributed by atoms with van der Waals surface area (Å²) in [6.45, 7) is 10.3. The molecule has 6 heteroatoms. The van der Waals surface area contributed by atoms with Crippen LogP contribution in [0.3, 0.4) is 0 Å². The van der Waals surface area contributed by atoms with E-state index in [1.807, 2.05) is 34.6 Å². The van der Waals surface area contributed by atoms with Gasteiger partial charge in [0.25, 0.3) is 0 Å². The Morgan fingerprint density at radius 3 is 2.52 bits per heavy atom. The summed E-state index contributed by atoms with van der Waals surface area (Å²) in [6.07, 6.45) is -0.383. The molecule has 0 heterocycles. The number of carbonyl (C=O) groups is 1. The molecule has 1 N–H and O–H groups in total. The van der Waals surface area contributed by atoms with Crippen LogP contribution < -0.4 is 5.32 Å². The van der Waals surface area contributed by atoms with Crippen LogP contribution in [0.1, 0.15) is 40.2 Å². The molecule has 0 fully saturated rings. The summed E-state index contributed by atoms with van der Waals surface area (Å²) in [5, 5.41) is 3.02. The van der Waals surface area contributed by atoms with E-state index >= 15 is 0 Å². The molecule has 0 unspecified atom stereocenters. The summed E-state index contributed by atoms with van der Waals surface area (Å²) in [6, 6.07) is 4.07. The van der Waals surface area contributed by atoms with E-state index < -0.39 is 17.2 Å². The van der Waals surface area contributed by atoms with Crippen molar-refractivity contribution in [2.45, 2.75) is 52.8 Å². The molecule has 0 radical (unpaired) electrons. The first-order valence-electron chi connectivity index (χ1n) is 7.75. The summed E-state index contributed by atoms with van der Waals surface area (Å²) in [5.74, 6) is -1.70. The Balaban J connectivity index is 2.50. The average molecular weight is 328 g/mol. The van der Waals surface area contributed by atoms with Crippen LogP contribution in [0.15, 0.2) is 18.2 Å². The number of amides is 1. The van der Waals surface area contributed by atoms with Crippen LogP contribution in [-0.2, 0) is 11.3 Å². The van der Waals surface area contributed by atoms with E-state index in [0.717, 1.165) is 6.07 Å². The van der Waals surface area contributed by atoms with Gasteiger partial charge in [0.05, 0.1) is 0 Å². The third kappa shape index (κ3) is 6.52. The molecule has 1 aromatic rings. The fraction of sp³-hybridized carbons (Fsp3) is 0.588. The molecule has 0 aliphatic heterocycles. The van der Waals surface area contributed by atoms with Crippen LogP contribution >= 0.6 is 0 Å². The predicted octanol–water partition coefficient (Wildman–Crippen LogP) is 3.70. The fourth-order valence-electron chi connectivity index (χ4n) is 1.99. The maximum Gasteiger partial charge on any atom is 0.410 e. The standard InChI is InChI=1S/C17H26F2N2O2/c1-12(2)21(16(22)23-17(3,4)5)10-9-20-11-13-7-6-8-14(18)15(13)19/h6-8,12,20H,9-11H2,1-5H3. The number of hydrogen-bond acceptors (Lipinski definition) is 3. The van der Waals surface area contributed by atoms with Crippen molar-refractivity contribution < 1.29 is 18.3 Å². The molecular weight excluding hydrogens is 302 g/mol. The van der Waals surface area contributed by atoms with E-state index in [1.54, 1.807) is 4.90 Å². The summed E-state index contributed by atoms with van der Waals surface area (Å²) in [7, 11) is 0. The monoisotopic (exact) mass is 328 g/mol. The number of ether oxygens (including phenoxy) is 1. The Kier molecular flexibility index (Phi) is 6.94. The molecule has 0 atom stereocenters. The third-order valence-corrected chi connectivity index (χ3v) is 3.13. The second kappa shape index (κ2) is 8.24. The summed E-state index contributed by atoms with van der Waals surface area (Å²) in [4.78, 5) is 13.7. The van der Waals surface area contributed by atoms with Gasteiger partial charge < -0.3 is 15.0 Å². The number of halogens is 2. The van der Waals surface area contributed by atoms with E-state index in [-0.39, 0.29) is 24.2 Å². The minimum atomic E-state index is -0.859. The van der Waals surface area contributed by atoms with Crippen molar-refractivity contribution in [2.75, 3.05) is 13.1 Å². The number of rotatable bonds is 6. The molecule has 0 aliphatic rings. The molecule has 23 heavy (non-hydrogen) atoms. The van der Waals surface area contributed by atoms with Crippen LogP contribution in [0.2, 0.25) is 0 Å². The van der Waals surface area contributed by atoms with Gasteiger partial charge in [-0.05, 0) is 40.7 Å². The Bertz CT molecular complexity index is 528. The SMILES string of the molecule is CC(C)N(CCNCc1cccc(F)c1F)C(=O)OC(C)(C)C. The molecule has 0 aromatic heterocycles. The molecule has 0 aliphatic carbocycles. The van der Waals surface area contributed by atoms with Gasteiger partial charge in [-0.25, -0.2) is 13.6 Å². The van der Waals surface area contributed by atoms with Crippen LogP contribution in [0, 0.1) is 11.6 Å². The van der Waals surface area contributed by atoms with Crippen molar-refractivity contribution in [3.8, 4) is 0 Å². The lowest BCUT2D eigenvalue weighted by atomic mass is 10.2. The highest BCUT2D eigenvalue weighted by molar-refractivity contribution is 5.68. The lowest BCUT2D eigenvalue weighted by Gasteiger charge is -2.30. The van der Waals surface area contributed by atoms with Gasteiger partial charge in [-0.1, -0.05) is 12.1 Å². The molecule has 1 aromatic carbocycles. The molecular formula is C17H26F2N2O2. The number of benzene rings is 1. The van der Waals surface area contributed by atoms with Gasteiger partial charge in [0.1, 0.15) is 5.60 Å². The molecule has 0 spiro atoms. The van der Waals surface area contributed by atoms with Crippen molar-refractivity contribution in [1.29, 1.82) is 0 Å². The van der Waals surface area contributed by atoms with E-state index in [4.69, 9.17) is 4.74 Å². The second-order valence-electron chi connectivity index (χ2n) is 6.66. The van der Waals surface area contributed by atoms with Gasteiger partial charge in [0.15, 0.2) is 11.6 Å². The molecule has 1 amide bonds. The topological polar surface area (TPSA) is 41.6 Å². The minimum Gasteiger partial charge on any atom is -0.444 e. The van der Waals surface area contributed by atoms with Crippen molar-refractivity contribution in [3.05, 3.63) is 35.4 Å². The van der Waals surface area contributed by atoms with Gasteiger partial charge in [-0.3, -0.25) is 0 Å². The lowest BCUT2D eigenvalue weighted by Crippen LogP contribution is -2.44. The Labute approximate surface area is 136 Å². The number of nitrogens with zero attached hydrogens (tertiary/aromatic N) is 1. The Morgan fingerprint density at radius 1 is 1.30 bits per heavy atom. The average Bonchev–Trinajstić information content (AvgIpc) is 2.40. The number of nitrogens with one attached hydrogen (secondary N) is 1. The van der Waals surface area contributed by atoms with Crippen molar-refractivity contribution >= 4 is 6.09 Å². The maximum absolute atomic E-state index is 13.5. The highest BCUT2D eigenvalue weighted by Gasteiger charge is 2.23. The maximum atomic E-state index is 13.5. The molecule has 0 bridgehead atoms. The van der Waals surface area contributed by atoms with E-state index in [9.17, 15) is 13.6 Å². The molecule has 0 saturated heterocycles. The quantitative estimate of drug-likeness (QED) is 0.810. The molecule has 130 valence electrons. The Morgan fingerprint density at radius 2 is 1.96 bits per heavy atom. The second-order valence-corrected chi connectivity index (χ2v) is 6.66. The smallest absolute Gasteiger partial charge is 0.410 e. The number of carbonyl (C=O) groups excluding carboxylic acids is 1. The van der Waals surface area contributed by atoms with Crippen LogP contribution in [-0.4, -0.2) is 35.7 Å². The molecule has 0 saturated carbocycles. The van der Waals surface area contributed by atoms with E-state index in [2.05, 4.69) is 5.32 Å². The minimum absolute atomic E-state index is 0.0162. The predicted molar refractivity (Wildman–Crippen MR) is 86.1 cm³/mol. The zero-order valence-electron chi connectivity index (χ0n) is 14.5.